The lowest BCUT2D eigenvalue weighted by molar-refractivity contribution is -0.201. The van der Waals surface area contributed by atoms with Crippen LogP contribution in [0.1, 0.15) is 113 Å². The molecular formula is C51H60N6O15S2. The van der Waals surface area contributed by atoms with Gasteiger partial charge in [-0.25, -0.2) is 51.9 Å². The van der Waals surface area contributed by atoms with Crippen molar-refractivity contribution >= 4 is 49.7 Å². The molecule has 396 valence electrons. The first-order valence-electron chi connectivity index (χ1n) is 24.5. The summed E-state index contributed by atoms with van der Waals surface area (Å²) in [5, 5.41) is 0. The highest BCUT2D eigenvalue weighted by Gasteiger charge is 2.48. The Morgan fingerprint density at radius 1 is 0.662 bits per heavy atom. The summed E-state index contributed by atoms with van der Waals surface area (Å²) >= 11 is 0. The Morgan fingerprint density at radius 2 is 1.07 bits per heavy atom. The van der Waals surface area contributed by atoms with Crippen LogP contribution in [0.25, 0.3) is 0 Å². The number of nitrogens with zero attached hydrogens (tertiary/aromatic N) is 4. The first-order valence-corrected chi connectivity index (χ1v) is 28.3. The largest absolute Gasteiger partial charge is 0.508 e. The normalized spacial score (nSPS) is 21.7. The standard InChI is InChI=1S/C51H60N6O15S2/c1-48(73(3,63)64,43(58)52-71-41-15-7-11-27-67-41)23-25-54-33-39-29-37(31-56(39)45(54)60)13-5-9-17-50(19-20-50)35-69-47(62)70-36-51(21-22-51)18-10-6-14-38-30-40-34-55(46(61)57(40)32-38)26-24-49(2,74(4,65)66)44(59)53-72-42-16-8-12-28-68-42/h29-32,41-42H,7-8,11-12,15-16,19-28,33-36H2,1-4H3,(H,52,58)(H,53,59)/t41?,42?,48-,49-/m1/s1. The van der Waals surface area contributed by atoms with Crippen LogP contribution in [0.4, 0.5) is 14.4 Å². The molecular weight excluding hydrogens is 1000 g/mol. The average molecular weight is 1060 g/mol. The summed E-state index contributed by atoms with van der Waals surface area (Å²) in [6.07, 6.45) is 10.1. The van der Waals surface area contributed by atoms with E-state index >= 15 is 0 Å². The van der Waals surface area contributed by atoms with Gasteiger partial charge in [-0.05, 0) is 114 Å². The number of fused-ring (bicyclic) bond motifs is 2. The molecule has 2 aromatic rings. The summed E-state index contributed by atoms with van der Waals surface area (Å²) < 4.78 is 72.0. The highest BCUT2D eigenvalue weighted by atomic mass is 32.2. The van der Waals surface area contributed by atoms with Crippen molar-refractivity contribution in [2.45, 2.75) is 126 Å². The number of amides is 4. The van der Waals surface area contributed by atoms with Crippen LogP contribution in [0.5, 0.6) is 0 Å². The maximum atomic E-state index is 13.2. The molecule has 4 aliphatic heterocycles. The van der Waals surface area contributed by atoms with Gasteiger partial charge in [0, 0.05) is 86.6 Å². The Morgan fingerprint density at radius 3 is 1.41 bits per heavy atom. The lowest BCUT2D eigenvalue weighted by atomic mass is 10.1. The number of rotatable bonds is 18. The molecule has 21 nitrogen and oxygen atoms in total. The molecule has 74 heavy (non-hydrogen) atoms. The lowest BCUT2D eigenvalue weighted by Crippen LogP contribution is -2.52. The van der Waals surface area contributed by atoms with Crippen molar-refractivity contribution in [3.63, 3.8) is 0 Å². The number of nitrogens with one attached hydrogen (secondary N) is 2. The Bertz CT molecular complexity index is 2840. The van der Waals surface area contributed by atoms with Crippen LogP contribution in [0, 0.1) is 58.2 Å². The molecule has 0 radical (unpaired) electrons. The van der Waals surface area contributed by atoms with Crippen LogP contribution in [0.2, 0.25) is 0 Å². The van der Waals surface area contributed by atoms with E-state index in [1.54, 1.807) is 24.5 Å². The van der Waals surface area contributed by atoms with E-state index in [1.807, 2.05) is 0 Å². The molecule has 2 saturated heterocycles. The van der Waals surface area contributed by atoms with Crippen LogP contribution >= 0.6 is 0 Å². The molecule has 2 saturated carbocycles. The molecule has 4 amide bonds. The molecule has 0 aromatic carbocycles. The predicted octanol–water partition coefficient (Wildman–Crippen LogP) is 3.52. The van der Waals surface area contributed by atoms with Crippen molar-refractivity contribution in [3.8, 4) is 47.4 Å². The average Bonchev–Trinajstić information content (AvgIpc) is 4.16. The van der Waals surface area contributed by atoms with Crippen molar-refractivity contribution in [3.05, 3.63) is 47.0 Å². The van der Waals surface area contributed by atoms with Crippen LogP contribution in [0.3, 0.4) is 0 Å². The number of hydrogen-bond acceptors (Lipinski definition) is 15. The van der Waals surface area contributed by atoms with Crippen LogP contribution in [-0.4, -0.2) is 140 Å². The highest BCUT2D eigenvalue weighted by molar-refractivity contribution is 7.93. The summed E-state index contributed by atoms with van der Waals surface area (Å²) in [5.74, 6) is 21.7. The fourth-order valence-corrected chi connectivity index (χ4v) is 10.2. The molecule has 0 spiro atoms. The van der Waals surface area contributed by atoms with Gasteiger partial charge in [-0.15, -0.1) is 0 Å². The molecule has 6 heterocycles. The lowest BCUT2D eigenvalue weighted by Gasteiger charge is -2.29. The molecule has 2 N–H and O–H groups in total. The van der Waals surface area contributed by atoms with Gasteiger partial charge in [0.15, 0.2) is 41.7 Å². The number of carbonyl (C=O) groups is 5. The predicted molar refractivity (Wildman–Crippen MR) is 263 cm³/mol. The molecule has 2 unspecified atom stereocenters. The minimum absolute atomic E-state index is 0.00108. The van der Waals surface area contributed by atoms with E-state index < -0.39 is 70.5 Å². The van der Waals surface area contributed by atoms with E-state index in [0.717, 1.165) is 38.2 Å². The van der Waals surface area contributed by atoms with E-state index in [4.69, 9.17) is 28.6 Å². The quantitative estimate of drug-likeness (QED) is 0.123. The van der Waals surface area contributed by atoms with E-state index in [0.29, 0.717) is 74.3 Å². The first-order chi connectivity index (χ1) is 35.1. The smallest absolute Gasteiger partial charge is 0.433 e. The van der Waals surface area contributed by atoms with Gasteiger partial charge in [0.05, 0.1) is 23.9 Å². The van der Waals surface area contributed by atoms with Gasteiger partial charge in [0.2, 0.25) is 0 Å². The van der Waals surface area contributed by atoms with Crippen LogP contribution < -0.4 is 11.0 Å². The number of aromatic nitrogens is 2. The van der Waals surface area contributed by atoms with Crippen LogP contribution in [-0.2, 0) is 71.0 Å². The molecule has 2 aromatic heterocycles. The van der Waals surface area contributed by atoms with Gasteiger partial charge in [-0.1, -0.05) is 23.7 Å². The van der Waals surface area contributed by atoms with Crippen molar-refractivity contribution in [2.24, 2.45) is 10.8 Å². The van der Waals surface area contributed by atoms with Crippen molar-refractivity contribution in [1.29, 1.82) is 0 Å². The summed E-state index contributed by atoms with van der Waals surface area (Å²) in [7, 11) is -7.83. The maximum absolute atomic E-state index is 13.2. The molecule has 4 atom stereocenters. The Labute approximate surface area is 430 Å². The summed E-state index contributed by atoms with van der Waals surface area (Å²) in [4.78, 5) is 78.8. The monoisotopic (exact) mass is 1060 g/mol. The molecule has 2 aliphatic carbocycles. The zero-order chi connectivity index (χ0) is 52.9. The van der Waals surface area contributed by atoms with Gasteiger partial charge in [0.25, 0.3) is 11.8 Å². The summed E-state index contributed by atoms with van der Waals surface area (Å²) in [6, 6.07) is 2.74. The fourth-order valence-electron chi connectivity index (χ4n) is 8.51. The second kappa shape index (κ2) is 21.9. The topological polar surface area (TPSA) is 249 Å². The first kappa shape index (κ1) is 54.0. The van der Waals surface area contributed by atoms with Gasteiger partial charge in [-0.2, -0.15) is 0 Å². The molecule has 6 aliphatic rings. The number of carbonyl (C=O) groups excluding carboxylic acids is 5. The van der Waals surface area contributed by atoms with Crippen LogP contribution in [0.15, 0.2) is 24.5 Å². The Balaban J connectivity index is 0.747. The Kier molecular flexibility index (Phi) is 16.0. The number of hydrogen-bond donors (Lipinski definition) is 2. The SMILES string of the molecule is C[C@@](CCN1Cc2cc(C#CC#CC3(COC(=O)OCC4(C#CC#Cc5cc6n(c5)C(=O)N(CC[C@](C)(C(=O)NOC5CCCCO5)S(C)(=O)=O)C6)CC4)CC3)cn2C1=O)(C(=O)NOC1CCCCO1)S(C)(=O)=O. The Hall–Kier alpha value is -6.31. The van der Waals surface area contributed by atoms with E-state index in [-0.39, 0.29) is 64.3 Å². The molecule has 0 bridgehead atoms. The zero-order valence-electron chi connectivity index (χ0n) is 41.8. The van der Waals surface area contributed by atoms with E-state index in [1.165, 1.54) is 32.8 Å². The zero-order valence-corrected chi connectivity index (χ0v) is 43.5. The van der Waals surface area contributed by atoms with Crippen molar-refractivity contribution in [1.82, 2.24) is 29.9 Å². The second-order valence-corrected chi connectivity index (χ2v) is 25.1. The van der Waals surface area contributed by atoms with Gasteiger partial charge in [-0.3, -0.25) is 18.7 Å². The van der Waals surface area contributed by atoms with E-state index in [2.05, 4.69) is 58.3 Å². The van der Waals surface area contributed by atoms with E-state index in [9.17, 15) is 40.8 Å². The highest BCUT2D eigenvalue weighted by Crippen LogP contribution is 2.46. The number of hydroxylamine groups is 2. The minimum Gasteiger partial charge on any atom is -0.433 e. The molecule has 4 fully saturated rings. The van der Waals surface area contributed by atoms with Crippen molar-refractivity contribution < 1.29 is 69.4 Å². The number of ether oxygens (including phenoxy) is 4. The fraction of sp³-hybridized carbons (Fsp3) is 0.588. The van der Waals surface area contributed by atoms with Gasteiger partial charge < -0.3 is 28.7 Å². The molecule has 23 heteroatoms. The second-order valence-electron chi connectivity index (χ2n) is 20.2. The van der Waals surface area contributed by atoms with Gasteiger partial charge >= 0.3 is 18.2 Å². The third-order valence-electron chi connectivity index (χ3n) is 14.4. The third-order valence-corrected chi connectivity index (χ3v) is 18.5. The minimum atomic E-state index is -3.91. The third kappa shape index (κ3) is 12.6. The molecule has 8 rings (SSSR count). The maximum Gasteiger partial charge on any atom is 0.508 e. The van der Waals surface area contributed by atoms with Gasteiger partial charge in [0.1, 0.15) is 13.2 Å². The summed E-state index contributed by atoms with van der Waals surface area (Å²) in [5.41, 5.74) is 5.86. The van der Waals surface area contributed by atoms with Crippen molar-refractivity contribution in [2.75, 3.05) is 52.0 Å². The number of sulfone groups is 2. The summed E-state index contributed by atoms with van der Waals surface area (Å²) in [6.45, 7) is 4.04.